The van der Waals surface area contributed by atoms with E-state index in [1.807, 2.05) is 14.0 Å². The standard InChI is InChI=1S/C12H20ClN3O/c1-8(2)14-6-5-10(17)7-11-12(13)9(3)15-16(11)4/h8,14H,5-7H2,1-4H3. The van der Waals surface area contributed by atoms with Crippen LogP contribution in [0.2, 0.25) is 5.02 Å². The highest BCUT2D eigenvalue weighted by Crippen LogP contribution is 2.20. The van der Waals surface area contributed by atoms with Gasteiger partial charge in [-0.05, 0) is 6.92 Å². The first kappa shape index (κ1) is 14.2. The van der Waals surface area contributed by atoms with Gasteiger partial charge in [0.2, 0.25) is 0 Å². The molecule has 0 aliphatic rings. The van der Waals surface area contributed by atoms with E-state index in [2.05, 4.69) is 24.3 Å². The van der Waals surface area contributed by atoms with Crippen molar-refractivity contribution in [3.05, 3.63) is 16.4 Å². The van der Waals surface area contributed by atoms with Crippen LogP contribution in [-0.4, -0.2) is 28.2 Å². The molecule has 0 amide bonds. The number of carbonyl (C=O) groups excluding carboxylic acids is 1. The average molecular weight is 258 g/mol. The van der Waals surface area contributed by atoms with E-state index >= 15 is 0 Å². The smallest absolute Gasteiger partial charge is 0.140 e. The zero-order valence-corrected chi connectivity index (χ0v) is 11.6. The normalized spacial score (nSPS) is 11.2. The van der Waals surface area contributed by atoms with Gasteiger partial charge in [-0.15, -0.1) is 0 Å². The highest BCUT2D eigenvalue weighted by molar-refractivity contribution is 6.32. The Labute approximate surface area is 107 Å². The van der Waals surface area contributed by atoms with Crippen LogP contribution in [0.5, 0.6) is 0 Å². The molecule has 1 aromatic heterocycles. The number of halogens is 1. The lowest BCUT2D eigenvalue weighted by Gasteiger charge is -2.07. The van der Waals surface area contributed by atoms with Crippen molar-refractivity contribution < 1.29 is 4.79 Å². The summed E-state index contributed by atoms with van der Waals surface area (Å²) in [4.78, 5) is 11.8. The molecule has 96 valence electrons. The number of Topliss-reactive ketones (excluding diaryl/α,β-unsaturated/α-hetero) is 1. The van der Waals surface area contributed by atoms with Crippen molar-refractivity contribution in [1.29, 1.82) is 0 Å². The molecule has 0 spiro atoms. The van der Waals surface area contributed by atoms with Gasteiger partial charge in [-0.25, -0.2) is 0 Å². The van der Waals surface area contributed by atoms with Crippen molar-refractivity contribution in [2.24, 2.45) is 7.05 Å². The Morgan fingerprint density at radius 3 is 2.65 bits per heavy atom. The van der Waals surface area contributed by atoms with Crippen LogP contribution in [0.3, 0.4) is 0 Å². The van der Waals surface area contributed by atoms with Crippen molar-refractivity contribution in [1.82, 2.24) is 15.1 Å². The lowest BCUT2D eigenvalue weighted by atomic mass is 10.1. The second kappa shape index (κ2) is 6.17. The van der Waals surface area contributed by atoms with Crippen molar-refractivity contribution in [2.75, 3.05) is 6.54 Å². The summed E-state index contributed by atoms with van der Waals surface area (Å²) in [5, 5.41) is 8.02. The third-order valence-electron chi connectivity index (χ3n) is 2.58. The Morgan fingerprint density at radius 2 is 2.18 bits per heavy atom. The molecule has 4 nitrogen and oxygen atoms in total. The van der Waals surface area contributed by atoms with Crippen LogP contribution in [-0.2, 0) is 18.3 Å². The van der Waals surface area contributed by atoms with Gasteiger partial charge < -0.3 is 5.32 Å². The maximum absolute atomic E-state index is 11.8. The second-order valence-corrected chi connectivity index (χ2v) is 4.92. The minimum atomic E-state index is 0.183. The Kier molecular flexibility index (Phi) is 5.15. The van der Waals surface area contributed by atoms with Crippen LogP contribution in [0.1, 0.15) is 31.7 Å². The number of rotatable bonds is 6. The third kappa shape index (κ3) is 4.13. The largest absolute Gasteiger partial charge is 0.314 e. The molecule has 0 saturated carbocycles. The van der Waals surface area contributed by atoms with E-state index in [0.29, 0.717) is 30.5 Å². The maximum atomic E-state index is 11.8. The molecule has 5 heteroatoms. The summed E-state index contributed by atoms with van der Waals surface area (Å²) in [7, 11) is 1.81. The zero-order chi connectivity index (χ0) is 13.0. The number of aryl methyl sites for hydroxylation is 2. The van der Waals surface area contributed by atoms with Gasteiger partial charge in [0.15, 0.2) is 0 Å². The molecule has 0 fully saturated rings. The van der Waals surface area contributed by atoms with Crippen LogP contribution < -0.4 is 5.32 Å². The molecule has 0 aromatic carbocycles. The van der Waals surface area contributed by atoms with Crippen molar-refractivity contribution >= 4 is 17.4 Å². The summed E-state index contributed by atoms with van der Waals surface area (Å²) in [5.41, 5.74) is 1.58. The predicted molar refractivity (Wildman–Crippen MR) is 69.4 cm³/mol. The summed E-state index contributed by atoms with van der Waals surface area (Å²) >= 11 is 6.09. The monoisotopic (exact) mass is 257 g/mol. The second-order valence-electron chi connectivity index (χ2n) is 4.54. The number of carbonyl (C=O) groups is 1. The Hall–Kier alpha value is -0.870. The van der Waals surface area contributed by atoms with Crippen molar-refractivity contribution in [3.8, 4) is 0 Å². The number of ketones is 1. The van der Waals surface area contributed by atoms with E-state index in [-0.39, 0.29) is 5.78 Å². The fourth-order valence-corrected chi connectivity index (χ4v) is 1.87. The van der Waals surface area contributed by atoms with Gasteiger partial charge in [-0.3, -0.25) is 9.48 Å². The highest BCUT2D eigenvalue weighted by Gasteiger charge is 2.14. The van der Waals surface area contributed by atoms with Crippen molar-refractivity contribution in [2.45, 2.75) is 39.7 Å². The van der Waals surface area contributed by atoms with E-state index in [0.717, 1.165) is 11.4 Å². The van der Waals surface area contributed by atoms with E-state index < -0.39 is 0 Å². The quantitative estimate of drug-likeness (QED) is 0.847. The highest BCUT2D eigenvalue weighted by atomic mass is 35.5. The summed E-state index contributed by atoms with van der Waals surface area (Å²) in [6, 6.07) is 0.408. The molecule has 0 saturated heterocycles. The lowest BCUT2D eigenvalue weighted by Crippen LogP contribution is -2.26. The molecule has 0 aliphatic heterocycles. The Morgan fingerprint density at radius 1 is 1.53 bits per heavy atom. The van der Waals surface area contributed by atoms with Gasteiger partial charge in [-0.1, -0.05) is 25.4 Å². The number of nitrogens with one attached hydrogen (secondary N) is 1. The number of nitrogens with zero attached hydrogens (tertiary/aromatic N) is 2. The predicted octanol–water partition coefficient (Wildman–Crippen LogP) is 1.88. The van der Waals surface area contributed by atoms with E-state index in [1.54, 1.807) is 4.68 Å². The Bertz CT molecular complexity index is 399. The fourth-order valence-electron chi connectivity index (χ4n) is 1.65. The molecule has 1 rings (SSSR count). The number of aromatic nitrogens is 2. The average Bonchev–Trinajstić information content (AvgIpc) is 2.44. The summed E-state index contributed by atoms with van der Waals surface area (Å²) in [5.74, 6) is 0.183. The van der Waals surface area contributed by atoms with Gasteiger partial charge >= 0.3 is 0 Å². The molecule has 0 bridgehead atoms. The van der Waals surface area contributed by atoms with Crippen LogP contribution in [0.25, 0.3) is 0 Å². The lowest BCUT2D eigenvalue weighted by molar-refractivity contribution is -0.118. The number of hydrogen-bond acceptors (Lipinski definition) is 3. The summed E-state index contributed by atoms with van der Waals surface area (Å²) in [6.45, 7) is 6.68. The first-order valence-electron chi connectivity index (χ1n) is 5.85. The van der Waals surface area contributed by atoms with Gasteiger partial charge in [0.25, 0.3) is 0 Å². The zero-order valence-electron chi connectivity index (χ0n) is 10.9. The third-order valence-corrected chi connectivity index (χ3v) is 3.07. The van der Waals surface area contributed by atoms with E-state index in [9.17, 15) is 4.79 Å². The molecule has 17 heavy (non-hydrogen) atoms. The molecular formula is C12H20ClN3O. The molecule has 1 aromatic rings. The minimum absolute atomic E-state index is 0.183. The molecule has 0 aliphatic carbocycles. The van der Waals surface area contributed by atoms with Gasteiger partial charge in [0.1, 0.15) is 5.78 Å². The van der Waals surface area contributed by atoms with Gasteiger partial charge in [-0.2, -0.15) is 5.10 Å². The van der Waals surface area contributed by atoms with Gasteiger partial charge in [0, 0.05) is 32.5 Å². The van der Waals surface area contributed by atoms with Crippen LogP contribution >= 0.6 is 11.6 Å². The van der Waals surface area contributed by atoms with Crippen LogP contribution in [0.4, 0.5) is 0 Å². The molecule has 0 unspecified atom stereocenters. The summed E-state index contributed by atoms with van der Waals surface area (Å²) in [6.07, 6.45) is 0.884. The Balaban J connectivity index is 2.51. The molecular weight excluding hydrogens is 238 g/mol. The van der Waals surface area contributed by atoms with Crippen LogP contribution in [0, 0.1) is 6.92 Å². The first-order valence-corrected chi connectivity index (χ1v) is 6.22. The summed E-state index contributed by atoms with van der Waals surface area (Å²) < 4.78 is 1.69. The maximum Gasteiger partial charge on any atom is 0.140 e. The minimum Gasteiger partial charge on any atom is -0.314 e. The van der Waals surface area contributed by atoms with Gasteiger partial charge in [0.05, 0.1) is 16.4 Å². The topological polar surface area (TPSA) is 46.9 Å². The number of hydrogen-bond donors (Lipinski definition) is 1. The fraction of sp³-hybridized carbons (Fsp3) is 0.667. The SMILES string of the molecule is Cc1nn(C)c(CC(=O)CCNC(C)C)c1Cl. The molecule has 0 atom stereocenters. The molecule has 0 radical (unpaired) electrons. The van der Waals surface area contributed by atoms with Crippen molar-refractivity contribution in [3.63, 3.8) is 0 Å². The molecule has 1 heterocycles. The van der Waals surface area contributed by atoms with E-state index in [4.69, 9.17) is 11.6 Å². The molecule has 1 N–H and O–H groups in total. The van der Waals surface area contributed by atoms with E-state index in [1.165, 1.54) is 0 Å². The first-order chi connectivity index (χ1) is 7.91. The van der Waals surface area contributed by atoms with Crippen LogP contribution in [0.15, 0.2) is 0 Å².